The van der Waals surface area contributed by atoms with Gasteiger partial charge in [-0.15, -0.1) is 0 Å². The lowest BCUT2D eigenvalue weighted by Gasteiger charge is -2.35. The van der Waals surface area contributed by atoms with Crippen LogP contribution in [0.2, 0.25) is 5.02 Å². The summed E-state index contributed by atoms with van der Waals surface area (Å²) in [5.74, 6) is -1.48. The summed E-state index contributed by atoms with van der Waals surface area (Å²) in [5.41, 5.74) is -0.990. The first kappa shape index (κ1) is 24.5. The van der Waals surface area contributed by atoms with E-state index in [1.54, 1.807) is 11.8 Å². The van der Waals surface area contributed by atoms with Gasteiger partial charge in [0.15, 0.2) is 5.82 Å². The zero-order valence-corrected chi connectivity index (χ0v) is 19.3. The van der Waals surface area contributed by atoms with E-state index in [1.165, 1.54) is 24.5 Å². The molecule has 3 heterocycles. The van der Waals surface area contributed by atoms with E-state index in [4.69, 9.17) is 11.6 Å². The van der Waals surface area contributed by atoms with Gasteiger partial charge in [-0.1, -0.05) is 17.7 Å². The number of alkyl halides is 2. The third kappa shape index (κ3) is 4.66. The molecule has 1 aliphatic heterocycles. The Hall–Kier alpha value is -3.65. The molecule has 0 spiro atoms. The molecule has 0 amide bonds. The number of piperidine rings is 1. The van der Waals surface area contributed by atoms with Crippen molar-refractivity contribution in [3.05, 3.63) is 68.0 Å². The summed E-state index contributed by atoms with van der Waals surface area (Å²) in [6.45, 7) is 1.48. The molecule has 0 radical (unpaired) electrons. The molecule has 8 nitrogen and oxygen atoms in total. The molecule has 1 fully saturated rings. The van der Waals surface area contributed by atoms with Crippen molar-refractivity contribution in [3.8, 4) is 23.0 Å². The normalized spacial score (nSPS) is 14.4. The van der Waals surface area contributed by atoms with Gasteiger partial charge in [0.25, 0.3) is 5.56 Å². The van der Waals surface area contributed by atoms with E-state index in [0.29, 0.717) is 5.69 Å². The molecule has 182 valence electrons. The van der Waals surface area contributed by atoms with Gasteiger partial charge in [0.1, 0.15) is 18.2 Å². The van der Waals surface area contributed by atoms with Crippen LogP contribution in [-0.2, 0) is 6.54 Å². The average molecular weight is 505 g/mol. The first-order valence-electron chi connectivity index (χ1n) is 10.8. The van der Waals surface area contributed by atoms with Crippen molar-refractivity contribution >= 4 is 17.4 Å². The van der Waals surface area contributed by atoms with Gasteiger partial charge in [-0.3, -0.25) is 14.3 Å². The van der Waals surface area contributed by atoms with E-state index in [9.17, 15) is 28.0 Å². The van der Waals surface area contributed by atoms with Gasteiger partial charge in [0.05, 0.1) is 28.5 Å². The third-order valence-corrected chi connectivity index (χ3v) is 6.21. The monoisotopic (exact) mass is 504 g/mol. The second-order valence-electron chi connectivity index (χ2n) is 8.17. The SMILES string of the molecule is Cc1cncc(-n2c(=O)c(-c3ccc(F)c(Cl)c3)c(N3CCC(C(F)F)CC3)n(CC#N)c2=O)n1. The van der Waals surface area contributed by atoms with Gasteiger partial charge in [-0.2, -0.15) is 5.26 Å². The lowest BCUT2D eigenvalue weighted by Crippen LogP contribution is -2.46. The minimum atomic E-state index is -2.48. The summed E-state index contributed by atoms with van der Waals surface area (Å²) in [4.78, 5) is 37.2. The van der Waals surface area contributed by atoms with Gasteiger partial charge in [0.2, 0.25) is 6.43 Å². The highest BCUT2D eigenvalue weighted by Gasteiger charge is 2.31. The number of anilines is 1. The summed E-state index contributed by atoms with van der Waals surface area (Å²) in [5, 5.41) is 9.24. The lowest BCUT2D eigenvalue weighted by atomic mass is 9.96. The Morgan fingerprint density at radius 2 is 1.94 bits per heavy atom. The lowest BCUT2D eigenvalue weighted by molar-refractivity contribution is 0.0634. The van der Waals surface area contributed by atoms with E-state index < -0.39 is 36.0 Å². The maximum Gasteiger partial charge on any atom is 0.339 e. The third-order valence-electron chi connectivity index (χ3n) is 5.92. The molecule has 0 atom stereocenters. The molecular formula is C23H20ClF3N6O2. The number of aromatic nitrogens is 4. The molecule has 0 unspecified atom stereocenters. The number of nitrogens with zero attached hydrogens (tertiary/aromatic N) is 6. The highest BCUT2D eigenvalue weighted by atomic mass is 35.5. The van der Waals surface area contributed by atoms with Crippen LogP contribution in [-0.4, -0.2) is 38.6 Å². The molecule has 1 aromatic carbocycles. The van der Waals surface area contributed by atoms with E-state index in [2.05, 4.69) is 9.97 Å². The van der Waals surface area contributed by atoms with Crippen molar-refractivity contribution in [2.75, 3.05) is 18.0 Å². The Morgan fingerprint density at radius 3 is 2.54 bits per heavy atom. The summed E-state index contributed by atoms with van der Waals surface area (Å²) in [6, 6.07) is 5.58. The van der Waals surface area contributed by atoms with Crippen LogP contribution in [0.25, 0.3) is 16.9 Å². The van der Waals surface area contributed by atoms with Crippen molar-refractivity contribution in [1.29, 1.82) is 5.26 Å². The molecule has 35 heavy (non-hydrogen) atoms. The first-order chi connectivity index (χ1) is 16.7. The summed E-state index contributed by atoms with van der Waals surface area (Å²) in [6.07, 6.45) is 0.469. The Kier molecular flexibility index (Phi) is 6.93. The average Bonchev–Trinajstić information content (AvgIpc) is 2.83. The predicted octanol–water partition coefficient (Wildman–Crippen LogP) is 3.56. The van der Waals surface area contributed by atoms with E-state index in [-0.39, 0.29) is 53.7 Å². The highest BCUT2D eigenvalue weighted by Crippen LogP contribution is 2.33. The molecule has 0 N–H and O–H groups in total. The zero-order valence-electron chi connectivity index (χ0n) is 18.6. The van der Waals surface area contributed by atoms with Gasteiger partial charge >= 0.3 is 5.69 Å². The number of benzene rings is 1. The van der Waals surface area contributed by atoms with Crippen LogP contribution < -0.4 is 16.1 Å². The van der Waals surface area contributed by atoms with E-state index >= 15 is 0 Å². The maximum absolute atomic E-state index is 13.9. The minimum absolute atomic E-state index is 0.0273. The fraction of sp³-hybridized carbons (Fsp3) is 0.348. The summed E-state index contributed by atoms with van der Waals surface area (Å²) >= 11 is 5.99. The fourth-order valence-electron chi connectivity index (χ4n) is 4.21. The molecule has 0 bridgehead atoms. The molecule has 1 aliphatic rings. The Labute approximate surface area is 202 Å². The van der Waals surface area contributed by atoms with Gasteiger partial charge < -0.3 is 4.90 Å². The Bertz CT molecular complexity index is 1420. The van der Waals surface area contributed by atoms with Crippen LogP contribution in [0.15, 0.2) is 40.2 Å². The van der Waals surface area contributed by atoms with Crippen LogP contribution in [0, 0.1) is 30.0 Å². The van der Waals surface area contributed by atoms with Crippen LogP contribution in [0.3, 0.4) is 0 Å². The van der Waals surface area contributed by atoms with Gasteiger partial charge in [-0.25, -0.2) is 27.5 Å². The largest absolute Gasteiger partial charge is 0.357 e. The topological polar surface area (TPSA) is 96.8 Å². The first-order valence-corrected chi connectivity index (χ1v) is 11.1. The molecule has 12 heteroatoms. The zero-order chi connectivity index (χ0) is 25.3. The molecule has 2 aromatic heterocycles. The number of nitriles is 1. The van der Waals surface area contributed by atoms with Crippen molar-refractivity contribution in [2.45, 2.75) is 32.7 Å². The molecule has 0 saturated carbocycles. The highest BCUT2D eigenvalue weighted by molar-refractivity contribution is 6.31. The molecule has 1 saturated heterocycles. The maximum atomic E-state index is 13.9. The smallest absolute Gasteiger partial charge is 0.339 e. The van der Waals surface area contributed by atoms with Crippen molar-refractivity contribution in [1.82, 2.24) is 19.1 Å². The Balaban J connectivity index is 2.04. The number of hydrogen-bond acceptors (Lipinski definition) is 6. The number of aryl methyl sites for hydroxylation is 1. The van der Waals surface area contributed by atoms with Crippen molar-refractivity contribution in [2.24, 2.45) is 5.92 Å². The second kappa shape index (κ2) is 9.92. The van der Waals surface area contributed by atoms with E-state index in [0.717, 1.165) is 15.2 Å². The number of hydrogen-bond donors (Lipinski definition) is 0. The molecule has 0 aliphatic carbocycles. The van der Waals surface area contributed by atoms with Crippen LogP contribution >= 0.6 is 11.6 Å². The second-order valence-corrected chi connectivity index (χ2v) is 8.58. The van der Waals surface area contributed by atoms with Gasteiger partial charge in [0, 0.05) is 25.2 Å². The Morgan fingerprint density at radius 1 is 1.23 bits per heavy atom. The van der Waals surface area contributed by atoms with Gasteiger partial charge in [-0.05, 0) is 37.5 Å². The van der Waals surface area contributed by atoms with Crippen molar-refractivity contribution in [3.63, 3.8) is 0 Å². The summed E-state index contributed by atoms with van der Waals surface area (Å²) in [7, 11) is 0. The summed E-state index contributed by atoms with van der Waals surface area (Å²) < 4.78 is 42.3. The van der Waals surface area contributed by atoms with E-state index in [1.807, 2.05) is 6.07 Å². The van der Waals surface area contributed by atoms with Crippen LogP contribution in [0.1, 0.15) is 18.5 Å². The molecule has 4 rings (SSSR count). The van der Waals surface area contributed by atoms with Crippen molar-refractivity contribution < 1.29 is 13.2 Å². The quantitative estimate of drug-likeness (QED) is 0.527. The number of rotatable bonds is 5. The standard InChI is InChI=1S/C23H20ClF3N6O2/c1-13-11-29-12-18(30-13)33-22(34)19(15-2-3-17(25)16(24)10-15)21(32(9-6-28)23(33)35)31-7-4-14(5-8-31)20(26)27/h2-3,10-12,14,20H,4-5,7-9H2,1H3. The molecular weight excluding hydrogens is 485 g/mol. The minimum Gasteiger partial charge on any atom is -0.357 e. The fourth-order valence-corrected chi connectivity index (χ4v) is 4.39. The van der Waals surface area contributed by atoms with Crippen LogP contribution in [0.4, 0.5) is 19.0 Å². The predicted molar refractivity (Wildman–Crippen MR) is 124 cm³/mol. The molecule has 3 aromatic rings. The van der Waals surface area contributed by atoms with Crippen LogP contribution in [0.5, 0.6) is 0 Å². The number of halogens is 4.